The van der Waals surface area contributed by atoms with Gasteiger partial charge in [-0.1, -0.05) is 29.8 Å². The molecule has 2 aromatic carbocycles. The van der Waals surface area contributed by atoms with Crippen molar-refractivity contribution in [3.05, 3.63) is 70.3 Å². The minimum absolute atomic E-state index is 0.0373. The number of aliphatic hydroxyl groups is 1. The van der Waals surface area contributed by atoms with Crippen LogP contribution < -0.4 is 4.74 Å². The highest BCUT2D eigenvalue weighted by Crippen LogP contribution is 2.41. The Labute approximate surface area is 191 Å². The summed E-state index contributed by atoms with van der Waals surface area (Å²) >= 11 is 6.47. The van der Waals surface area contributed by atoms with Gasteiger partial charge in [-0.2, -0.15) is 0 Å². The van der Waals surface area contributed by atoms with Gasteiger partial charge in [0.1, 0.15) is 11.5 Å². The molecule has 0 saturated carbocycles. The molecule has 7 nitrogen and oxygen atoms in total. The molecular formula is C24H25ClN2O5. The standard InChI is InChI=1S/C24H25ClN2O5/c1-31-17-8-6-16(7-9-17)22(28)20-21(18-4-2-3-5-19(18)25)27(24(30)23(20)29)11-10-26-12-14-32-15-13-26/h2-9,21,28H,10-15H2,1H3/t21-/m0/s1. The monoisotopic (exact) mass is 456 g/mol. The number of likely N-dealkylation sites (tertiary alicyclic amines) is 1. The topological polar surface area (TPSA) is 79.3 Å². The molecule has 0 aliphatic carbocycles. The molecule has 32 heavy (non-hydrogen) atoms. The molecule has 0 spiro atoms. The highest BCUT2D eigenvalue weighted by atomic mass is 35.5. The maximum Gasteiger partial charge on any atom is 0.295 e. The van der Waals surface area contributed by atoms with Gasteiger partial charge >= 0.3 is 0 Å². The lowest BCUT2D eigenvalue weighted by Gasteiger charge is -2.31. The lowest BCUT2D eigenvalue weighted by Crippen LogP contribution is -2.42. The highest BCUT2D eigenvalue weighted by molar-refractivity contribution is 6.47. The fourth-order valence-electron chi connectivity index (χ4n) is 4.11. The number of halogens is 1. The lowest BCUT2D eigenvalue weighted by atomic mass is 9.95. The summed E-state index contributed by atoms with van der Waals surface area (Å²) in [6, 6.07) is 13.0. The molecule has 2 fully saturated rings. The van der Waals surface area contributed by atoms with E-state index in [0.29, 0.717) is 48.2 Å². The zero-order chi connectivity index (χ0) is 22.7. The molecule has 0 radical (unpaired) electrons. The third kappa shape index (κ3) is 4.37. The van der Waals surface area contributed by atoms with Crippen LogP contribution in [0.1, 0.15) is 17.2 Å². The first-order valence-corrected chi connectivity index (χ1v) is 10.9. The number of aliphatic hydroxyl groups excluding tert-OH is 1. The zero-order valence-corrected chi connectivity index (χ0v) is 18.5. The number of benzene rings is 2. The summed E-state index contributed by atoms with van der Waals surface area (Å²) in [6.45, 7) is 3.76. The van der Waals surface area contributed by atoms with E-state index in [1.165, 1.54) is 4.90 Å². The average Bonchev–Trinajstić information content (AvgIpc) is 3.08. The van der Waals surface area contributed by atoms with Gasteiger partial charge in [0, 0.05) is 36.8 Å². The van der Waals surface area contributed by atoms with Crippen molar-refractivity contribution in [2.24, 2.45) is 0 Å². The molecule has 8 heteroatoms. The molecule has 4 rings (SSSR count). The molecule has 0 aromatic heterocycles. The Hall–Kier alpha value is -2.87. The number of rotatable bonds is 6. The quantitative estimate of drug-likeness (QED) is 0.409. The van der Waals surface area contributed by atoms with Gasteiger partial charge in [0.2, 0.25) is 0 Å². The fourth-order valence-corrected chi connectivity index (χ4v) is 4.35. The summed E-state index contributed by atoms with van der Waals surface area (Å²) in [6.07, 6.45) is 0. The van der Waals surface area contributed by atoms with Crippen molar-refractivity contribution < 1.29 is 24.2 Å². The Morgan fingerprint density at radius 3 is 2.44 bits per heavy atom. The number of carbonyl (C=O) groups is 2. The van der Waals surface area contributed by atoms with Gasteiger partial charge in [-0.3, -0.25) is 14.5 Å². The fraction of sp³-hybridized carbons (Fsp3) is 0.333. The zero-order valence-electron chi connectivity index (χ0n) is 17.8. The van der Waals surface area contributed by atoms with Gasteiger partial charge in [-0.05, 0) is 35.9 Å². The van der Waals surface area contributed by atoms with Crippen LogP contribution in [-0.4, -0.2) is 73.1 Å². The van der Waals surface area contributed by atoms with Crippen LogP contribution in [0.3, 0.4) is 0 Å². The molecule has 1 atom stereocenters. The van der Waals surface area contributed by atoms with Gasteiger partial charge in [0.25, 0.3) is 11.7 Å². The average molecular weight is 457 g/mol. The third-order valence-corrected chi connectivity index (χ3v) is 6.21. The van der Waals surface area contributed by atoms with Gasteiger partial charge in [0.15, 0.2) is 0 Å². The summed E-state index contributed by atoms with van der Waals surface area (Å²) in [5.74, 6) is -0.969. The van der Waals surface area contributed by atoms with Crippen molar-refractivity contribution in [3.8, 4) is 5.75 Å². The van der Waals surface area contributed by atoms with E-state index in [4.69, 9.17) is 21.1 Å². The van der Waals surface area contributed by atoms with E-state index in [2.05, 4.69) is 4.90 Å². The lowest BCUT2D eigenvalue weighted by molar-refractivity contribution is -0.140. The van der Waals surface area contributed by atoms with Crippen LogP contribution in [0.15, 0.2) is 54.1 Å². The largest absolute Gasteiger partial charge is 0.507 e. The van der Waals surface area contributed by atoms with E-state index >= 15 is 0 Å². The van der Waals surface area contributed by atoms with Crippen LogP contribution in [0, 0.1) is 0 Å². The highest BCUT2D eigenvalue weighted by Gasteiger charge is 2.46. The molecule has 0 unspecified atom stereocenters. The van der Waals surface area contributed by atoms with Crippen LogP contribution in [0.2, 0.25) is 5.02 Å². The molecular weight excluding hydrogens is 432 g/mol. The van der Waals surface area contributed by atoms with Crippen molar-refractivity contribution in [2.45, 2.75) is 6.04 Å². The van der Waals surface area contributed by atoms with Crippen LogP contribution in [-0.2, 0) is 14.3 Å². The number of nitrogens with zero attached hydrogens (tertiary/aromatic N) is 2. The van der Waals surface area contributed by atoms with E-state index in [1.54, 1.807) is 55.6 Å². The first kappa shape index (κ1) is 22.3. The minimum Gasteiger partial charge on any atom is -0.507 e. The SMILES string of the molecule is COc1ccc(C(O)=C2C(=O)C(=O)N(CCN3CCOCC3)[C@H]2c2ccccc2Cl)cc1. The number of methoxy groups -OCH3 is 1. The molecule has 1 N–H and O–H groups in total. The molecule has 168 valence electrons. The van der Waals surface area contributed by atoms with Gasteiger partial charge in [0.05, 0.1) is 31.9 Å². The Kier molecular flexibility index (Phi) is 6.79. The van der Waals surface area contributed by atoms with E-state index < -0.39 is 17.7 Å². The Bertz CT molecular complexity index is 1030. The summed E-state index contributed by atoms with van der Waals surface area (Å²) in [5, 5.41) is 11.5. The van der Waals surface area contributed by atoms with Gasteiger partial charge in [-0.15, -0.1) is 0 Å². The Balaban J connectivity index is 1.74. The van der Waals surface area contributed by atoms with E-state index in [9.17, 15) is 14.7 Å². The molecule has 2 heterocycles. The first-order chi connectivity index (χ1) is 15.5. The van der Waals surface area contributed by atoms with Gasteiger partial charge in [-0.25, -0.2) is 0 Å². The Morgan fingerprint density at radius 2 is 1.78 bits per heavy atom. The van der Waals surface area contributed by atoms with Crippen molar-refractivity contribution in [2.75, 3.05) is 46.5 Å². The second-order valence-corrected chi connectivity index (χ2v) is 8.10. The van der Waals surface area contributed by atoms with E-state index in [0.717, 1.165) is 13.1 Å². The molecule has 2 aliphatic heterocycles. The maximum atomic E-state index is 13.1. The second kappa shape index (κ2) is 9.73. The third-order valence-electron chi connectivity index (χ3n) is 5.86. The molecule has 0 bridgehead atoms. The molecule has 2 saturated heterocycles. The van der Waals surface area contributed by atoms with Crippen LogP contribution in [0.4, 0.5) is 0 Å². The smallest absolute Gasteiger partial charge is 0.295 e. The predicted molar refractivity (Wildman–Crippen MR) is 121 cm³/mol. The molecule has 2 aromatic rings. The summed E-state index contributed by atoms with van der Waals surface area (Å²) < 4.78 is 10.6. The number of morpholine rings is 1. The number of Topliss-reactive ketones (excluding diaryl/α,β-unsaturated/α-hetero) is 1. The predicted octanol–water partition coefficient (Wildman–Crippen LogP) is 3.10. The number of amides is 1. The summed E-state index contributed by atoms with van der Waals surface area (Å²) in [4.78, 5) is 29.8. The number of ketones is 1. The Morgan fingerprint density at radius 1 is 1.09 bits per heavy atom. The number of hydrogen-bond donors (Lipinski definition) is 1. The molecule has 2 aliphatic rings. The maximum absolute atomic E-state index is 13.1. The second-order valence-electron chi connectivity index (χ2n) is 7.70. The number of ether oxygens (including phenoxy) is 2. The van der Waals surface area contributed by atoms with E-state index in [1.807, 2.05) is 0 Å². The van der Waals surface area contributed by atoms with Crippen LogP contribution in [0.5, 0.6) is 5.75 Å². The van der Waals surface area contributed by atoms with Crippen molar-refractivity contribution in [3.63, 3.8) is 0 Å². The normalized spacial score (nSPS) is 21.2. The molecule has 1 amide bonds. The summed E-state index contributed by atoms with van der Waals surface area (Å²) in [7, 11) is 1.55. The van der Waals surface area contributed by atoms with Crippen molar-refractivity contribution >= 4 is 29.1 Å². The van der Waals surface area contributed by atoms with Crippen molar-refractivity contribution in [1.82, 2.24) is 9.80 Å². The first-order valence-electron chi connectivity index (χ1n) is 10.5. The van der Waals surface area contributed by atoms with Crippen molar-refractivity contribution in [1.29, 1.82) is 0 Å². The van der Waals surface area contributed by atoms with Crippen LogP contribution >= 0.6 is 11.6 Å². The van der Waals surface area contributed by atoms with Crippen LogP contribution in [0.25, 0.3) is 5.76 Å². The van der Waals surface area contributed by atoms with Gasteiger partial charge < -0.3 is 19.5 Å². The summed E-state index contributed by atoms with van der Waals surface area (Å²) in [5.41, 5.74) is 1.06. The minimum atomic E-state index is -0.771. The van der Waals surface area contributed by atoms with E-state index in [-0.39, 0.29) is 11.3 Å². The number of carbonyl (C=O) groups excluding carboxylic acids is 2. The number of hydrogen-bond acceptors (Lipinski definition) is 6.